The first-order chi connectivity index (χ1) is 12.7. The van der Waals surface area contributed by atoms with Crippen molar-refractivity contribution < 1.29 is 0 Å². The van der Waals surface area contributed by atoms with Gasteiger partial charge in [0, 0.05) is 5.92 Å². The Morgan fingerprint density at radius 2 is 1.62 bits per heavy atom. The van der Waals surface area contributed by atoms with E-state index >= 15 is 0 Å². The molecule has 0 radical (unpaired) electrons. The molecule has 1 unspecified atom stereocenters. The Kier molecular flexibility index (Phi) is 5.10. The summed E-state index contributed by atoms with van der Waals surface area (Å²) in [4.78, 5) is 5.05. The smallest absolute Gasteiger partial charge is 0.0643 e. The molecule has 0 N–H and O–H groups in total. The molecule has 1 nitrogen and oxygen atoms in total. The van der Waals surface area contributed by atoms with Crippen LogP contribution in [0.1, 0.15) is 34.6 Å². The van der Waals surface area contributed by atoms with E-state index in [-0.39, 0.29) is 5.92 Å². The lowest BCUT2D eigenvalue weighted by Crippen LogP contribution is -2.22. The molecule has 0 aromatic heterocycles. The fourth-order valence-corrected chi connectivity index (χ4v) is 3.93. The van der Waals surface area contributed by atoms with Gasteiger partial charge in [-0.2, -0.15) is 0 Å². The molecular weight excluding hydrogens is 361 g/mol. The van der Waals surface area contributed by atoms with Gasteiger partial charge in [0.15, 0.2) is 0 Å². The lowest BCUT2D eigenvalue weighted by atomic mass is 9.78. The van der Waals surface area contributed by atoms with Crippen LogP contribution in [0.5, 0.6) is 0 Å². The van der Waals surface area contributed by atoms with Gasteiger partial charge >= 0.3 is 0 Å². The Balaban J connectivity index is 1.76. The average Bonchev–Trinajstić information content (AvgIpc) is 2.69. The van der Waals surface area contributed by atoms with Crippen molar-refractivity contribution in [2.24, 2.45) is 4.99 Å². The molecule has 4 rings (SSSR count). The minimum Gasteiger partial charge on any atom is -0.284 e. The maximum absolute atomic E-state index is 6.28. The van der Waals surface area contributed by atoms with Gasteiger partial charge in [0.2, 0.25) is 0 Å². The van der Waals surface area contributed by atoms with Crippen molar-refractivity contribution in [3.63, 3.8) is 0 Å². The van der Waals surface area contributed by atoms with Crippen molar-refractivity contribution in [2.45, 2.75) is 25.3 Å². The number of rotatable bonds is 3. The van der Waals surface area contributed by atoms with Crippen molar-refractivity contribution >= 4 is 28.9 Å². The molecule has 26 heavy (non-hydrogen) atoms. The predicted octanol–water partition coefficient (Wildman–Crippen LogP) is 6.71. The summed E-state index contributed by atoms with van der Waals surface area (Å²) in [6, 6.07) is 24.9. The topological polar surface area (TPSA) is 12.4 Å². The highest BCUT2D eigenvalue weighted by atomic mass is 35.5. The second-order valence-electron chi connectivity index (χ2n) is 6.61. The summed E-state index contributed by atoms with van der Waals surface area (Å²) in [7, 11) is 0. The lowest BCUT2D eigenvalue weighted by Gasteiger charge is -2.27. The van der Waals surface area contributed by atoms with Crippen LogP contribution in [0.3, 0.4) is 0 Å². The molecule has 3 heteroatoms. The summed E-state index contributed by atoms with van der Waals surface area (Å²) in [5, 5.41) is 1.19. The van der Waals surface area contributed by atoms with Crippen LogP contribution in [-0.2, 0) is 13.0 Å². The number of aryl methyl sites for hydroxylation is 1. The second-order valence-corrected chi connectivity index (χ2v) is 7.42. The number of nitrogens with zero attached hydrogens (tertiary/aromatic N) is 1. The molecule has 0 heterocycles. The van der Waals surface area contributed by atoms with Crippen LogP contribution in [0, 0.1) is 0 Å². The largest absolute Gasteiger partial charge is 0.284 e. The van der Waals surface area contributed by atoms with Crippen molar-refractivity contribution in [3.05, 3.63) is 105 Å². The van der Waals surface area contributed by atoms with Crippen molar-refractivity contribution in [2.75, 3.05) is 0 Å². The molecule has 0 fully saturated rings. The number of benzene rings is 3. The van der Waals surface area contributed by atoms with E-state index in [4.69, 9.17) is 28.2 Å². The molecule has 130 valence electrons. The maximum atomic E-state index is 6.28. The van der Waals surface area contributed by atoms with Gasteiger partial charge in [-0.15, -0.1) is 0 Å². The quantitative estimate of drug-likeness (QED) is 0.479. The maximum Gasteiger partial charge on any atom is 0.0643 e. The van der Waals surface area contributed by atoms with E-state index in [1.807, 2.05) is 18.2 Å². The summed E-state index contributed by atoms with van der Waals surface area (Å²) in [5.41, 5.74) is 6.17. The van der Waals surface area contributed by atoms with Gasteiger partial charge in [-0.3, -0.25) is 4.99 Å². The van der Waals surface area contributed by atoms with Crippen molar-refractivity contribution in [1.29, 1.82) is 0 Å². The third kappa shape index (κ3) is 3.56. The molecule has 3 aromatic rings. The minimum atomic E-state index is 0.239. The standard InChI is InChI=1S/C23H19Cl2N/c24-21-13-11-18(14-22(21)25)20-12-10-17-8-4-5-9-19(17)23(20)26-15-16-6-2-1-3-7-16/h1-9,11,13-14,20H,10,12,15H2. The summed E-state index contributed by atoms with van der Waals surface area (Å²) in [6.45, 7) is 0.683. The van der Waals surface area contributed by atoms with E-state index in [2.05, 4.69) is 54.6 Å². The first-order valence-corrected chi connectivity index (χ1v) is 9.59. The van der Waals surface area contributed by atoms with Crippen molar-refractivity contribution in [1.82, 2.24) is 0 Å². The zero-order valence-corrected chi connectivity index (χ0v) is 15.8. The van der Waals surface area contributed by atoms with Gasteiger partial charge in [0.1, 0.15) is 0 Å². The zero-order valence-electron chi connectivity index (χ0n) is 14.3. The number of hydrogen-bond acceptors (Lipinski definition) is 1. The average molecular weight is 380 g/mol. The number of aliphatic imine (C=N–C) groups is 1. The van der Waals surface area contributed by atoms with Gasteiger partial charge in [0.25, 0.3) is 0 Å². The third-order valence-corrected chi connectivity index (χ3v) is 5.69. The molecule has 3 aromatic carbocycles. The van der Waals surface area contributed by atoms with Gasteiger partial charge in [-0.25, -0.2) is 0 Å². The lowest BCUT2D eigenvalue weighted by molar-refractivity contribution is 0.738. The Morgan fingerprint density at radius 1 is 0.846 bits per heavy atom. The summed E-state index contributed by atoms with van der Waals surface area (Å²) < 4.78 is 0. The highest BCUT2D eigenvalue weighted by Crippen LogP contribution is 2.36. The van der Waals surface area contributed by atoms with Crippen LogP contribution in [0.15, 0.2) is 77.8 Å². The number of fused-ring (bicyclic) bond motifs is 1. The van der Waals surface area contributed by atoms with Crippen LogP contribution in [0.2, 0.25) is 10.0 Å². The van der Waals surface area contributed by atoms with E-state index in [0.29, 0.717) is 16.6 Å². The Morgan fingerprint density at radius 3 is 2.42 bits per heavy atom. The zero-order chi connectivity index (χ0) is 17.9. The van der Waals surface area contributed by atoms with E-state index in [1.54, 1.807) is 0 Å². The summed E-state index contributed by atoms with van der Waals surface area (Å²) >= 11 is 12.4. The molecule has 1 aliphatic rings. The third-order valence-electron chi connectivity index (χ3n) is 4.95. The highest BCUT2D eigenvalue weighted by molar-refractivity contribution is 6.42. The Bertz CT molecular complexity index is 947. The fourth-order valence-electron chi connectivity index (χ4n) is 3.62. The van der Waals surface area contributed by atoms with Crippen LogP contribution in [0.25, 0.3) is 0 Å². The van der Waals surface area contributed by atoms with Crippen molar-refractivity contribution in [3.8, 4) is 0 Å². The Labute approximate surface area is 164 Å². The SMILES string of the molecule is Clc1ccc(C2CCc3ccccc3C2=NCc2ccccc2)cc1Cl. The van der Waals surface area contributed by atoms with Crippen LogP contribution >= 0.6 is 23.2 Å². The fraction of sp³-hybridized carbons (Fsp3) is 0.174. The van der Waals surface area contributed by atoms with Gasteiger partial charge in [0.05, 0.1) is 22.3 Å². The van der Waals surface area contributed by atoms with Crippen LogP contribution in [0.4, 0.5) is 0 Å². The molecule has 0 bridgehead atoms. The monoisotopic (exact) mass is 379 g/mol. The number of halogens is 2. The van der Waals surface area contributed by atoms with Gasteiger partial charge in [-0.1, -0.05) is 83.9 Å². The first-order valence-electron chi connectivity index (χ1n) is 8.84. The summed E-state index contributed by atoms with van der Waals surface area (Å²) in [6.07, 6.45) is 2.08. The van der Waals surface area contributed by atoms with E-state index in [0.717, 1.165) is 18.6 Å². The molecular formula is C23H19Cl2N. The molecule has 0 aliphatic heterocycles. The predicted molar refractivity (Wildman–Crippen MR) is 111 cm³/mol. The summed E-state index contributed by atoms with van der Waals surface area (Å²) in [5.74, 6) is 0.239. The molecule has 0 saturated carbocycles. The molecule has 1 aliphatic carbocycles. The molecule has 0 amide bonds. The van der Waals surface area contributed by atoms with E-state index < -0.39 is 0 Å². The van der Waals surface area contributed by atoms with E-state index in [9.17, 15) is 0 Å². The normalized spacial score (nSPS) is 17.9. The van der Waals surface area contributed by atoms with Gasteiger partial charge < -0.3 is 0 Å². The Hall–Kier alpha value is -2.09. The van der Waals surface area contributed by atoms with Crippen LogP contribution < -0.4 is 0 Å². The highest BCUT2D eigenvalue weighted by Gasteiger charge is 2.26. The van der Waals surface area contributed by atoms with E-state index in [1.165, 1.54) is 22.3 Å². The molecule has 0 saturated heterocycles. The van der Waals surface area contributed by atoms with Gasteiger partial charge in [-0.05, 0) is 47.2 Å². The molecule has 0 spiro atoms. The van der Waals surface area contributed by atoms with Crippen LogP contribution in [-0.4, -0.2) is 5.71 Å². The first kappa shape index (κ1) is 17.3. The number of hydrogen-bond donors (Lipinski definition) is 0. The second kappa shape index (κ2) is 7.65. The minimum absolute atomic E-state index is 0.239. The molecule has 1 atom stereocenters.